The van der Waals surface area contributed by atoms with E-state index >= 15 is 0 Å². The molecule has 134 valence electrons. The lowest BCUT2D eigenvalue weighted by molar-refractivity contribution is 0.0590. The van der Waals surface area contributed by atoms with Crippen LogP contribution in [0.5, 0.6) is 0 Å². The number of aliphatic hydroxyl groups is 1. The molecule has 5 nitrogen and oxygen atoms in total. The number of hydrogen-bond acceptors (Lipinski definition) is 3. The molecule has 1 aliphatic rings. The first-order valence-electron chi connectivity index (χ1n) is 9.05. The molecule has 0 spiro atoms. The number of carbonyl (C=O) groups excluding carboxylic acids is 1. The molecule has 1 aliphatic heterocycles. The van der Waals surface area contributed by atoms with Crippen LogP contribution >= 0.6 is 0 Å². The Morgan fingerprint density at radius 1 is 1.29 bits per heavy atom. The lowest BCUT2D eigenvalue weighted by Crippen LogP contribution is -2.55. The third-order valence-electron chi connectivity index (χ3n) is 4.78. The third kappa shape index (κ3) is 4.48. The van der Waals surface area contributed by atoms with E-state index < -0.39 is 0 Å². The zero-order valence-corrected chi connectivity index (χ0v) is 15.4. The van der Waals surface area contributed by atoms with Crippen LogP contribution in [0.4, 0.5) is 10.5 Å². The molecule has 2 amide bonds. The maximum absolute atomic E-state index is 12.7. The van der Waals surface area contributed by atoms with Gasteiger partial charge in [-0.1, -0.05) is 32.0 Å². The fraction of sp³-hybridized carbons (Fsp3) is 0.632. The summed E-state index contributed by atoms with van der Waals surface area (Å²) in [5, 5.41) is 12.7. The molecule has 0 unspecified atom stereocenters. The van der Waals surface area contributed by atoms with E-state index in [9.17, 15) is 9.90 Å². The van der Waals surface area contributed by atoms with E-state index in [1.54, 1.807) is 6.92 Å². The van der Waals surface area contributed by atoms with Gasteiger partial charge in [0, 0.05) is 37.9 Å². The molecule has 2 rings (SSSR count). The molecule has 5 heteroatoms. The SMILES string of the molecule is CCc1cccc(CC)c1NC(=O)N1CCN(C[C@@H](C)O)[C@@H](C)C1. The second-order valence-corrected chi connectivity index (χ2v) is 6.73. The van der Waals surface area contributed by atoms with Gasteiger partial charge < -0.3 is 15.3 Å². The highest BCUT2D eigenvalue weighted by atomic mass is 16.3. The van der Waals surface area contributed by atoms with Crippen LogP contribution in [0.2, 0.25) is 0 Å². The number of carbonyl (C=O) groups is 1. The van der Waals surface area contributed by atoms with E-state index in [0.717, 1.165) is 25.1 Å². The Kier molecular flexibility index (Phi) is 6.63. The standard InChI is InChI=1S/C19H31N3O2/c1-5-16-8-7-9-17(6-2)18(16)20-19(24)22-11-10-21(13-15(4)23)14(3)12-22/h7-9,14-15,23H,5-6,10-13H2,1-4H3,(H,20,24)/t14-,15+/m0/s1. The number of amides is 2. The average molecular weight is 333 g/mol. The minimum atomic E-state index is -0.337. The molecule has 2 N–H and O–H groups in total. The van der Waals surface area contributed by atoms with E-state index in [4.69, 9.17) is 0 Å². The number of aryl methyl sites for hydroxylation is 2. The number of β-amino-alcohol motifs (C(OH)–C–C–N with tert-alkyl or cyclic N) is 1. The van der Waals surface area contributed by atoms with Gasteiger partial charge in [-0.3, -0.25) is 4.90 Å². The first-order chi connectivity index (χ1) is 11.5. The fourth-order valence-electron chi connectivity index (χ4n) is 3.38. The van der Waals surface area contributed by atoms with Crippen molar-refractivity contribution in [3.05, 3.63) is 29.3 Å². The number of hydrogen-bond donors (Lipinski definition) is 2. The summed E-state index contributed by atoms with van der Waals surface area (Å²) >= 11 is 0. The van der Waals surface area contributed by atoms with Crippen LogP contribution in [0.25, 0.3) is 0 Å². The second-order valence-electron chi connectivity index (χ2n) is 6.73. The number of anilines is 1. The third-order valence-corrected chi connectivity index (χ3v) is 4.78. The number of nitrogens with zero attached hydrogens (tertiary/aromatic N) is 2. The van der Waals surface area contributed by atoms with Gasteiger partial charge in [-0.25, -0.2) is 4.79 Å². The molecule has 0 saturated carbocycles. The molecule has 2 atom stereocenters. The lowest BCUT2D eigenvalue weighted by atomic mass is 10.0. The number of aliphatic hydroxyl groups excluding tert-OH is 1. The predicted molar refractivity (Wildman–Crippen MR) is 98.5 cm³/mol. The quantitative estimate of drug-likeness (QED) is 0.871. The van der Waals surface area contributed by atoms with Crippen molar-refractivity contribution >= 4 is 11.7 Å². The molecular weight excluding hydrogens is 302 g/mol. The zero-order chi connectivity index (χ0) is 17.7. The summed E-state index contributed by atoms with van der Waals surface area (Å²) in [5.74, 6) is 0. The molecule has 1 aromatic carbocycles. The monoisotopic (exact) mass is 333 g/mol. The van der Waals surface area contributed by atoms with Crippen molar-refractivity contribution in [2.24, 2.45) is 0 Å². The van der Waals surface area contributed by atoms with Gasteiger partial charge >= 0.3 is 6.03 Å². The number of nitrogens with one attached hydrogen (secondary N) is 1. The maximum atomic E-state index is 12.7. The van der Waals surface area contributed by atoms with Gasteiger partial charge in [0.25, 0.3) is 0 Å². The van der Waals surface area contributed by atoms with E-state index in [-0.39, 0.29) is 18.2 Å². The lowest BCUT2D eigenvalue weighted by Gasteiger charge is -2.40. The van der Waals surface area contributed by atoms with Crippen molar-refractivity contribution in [2.75, 3.05) is 31.5 Å². The van der Waals surface area contributed by atoms with Crippen molar-refractivity contribution in [3.8, 4) is 0 Å². The van der Waals surface area contributed by atoms with Crippen molar-refractivity contribution in [1.29, 1.82) is 0 Å². The van der Waals surface area contributed by atoms with E-state index in [1.165, 1.54) is 11.1 Å². The highest BCUT2D eigenvalue weighted by molar-refractivity contribution is 5.91. The van der Waals surface area contributed by atoms with Gasteiger partial charge in [-0.15, -0.1) is 0 Å². The first-order valence-corrected chi connectivity index (χ1v) is 9.05. The minimum Gasteiger partial charge on any atom is -0.392 e. The summed E-state index contributed by atoms with van der Waals surface area (Å²) in [4.78, 5) is 16.9. The number of piperazine rings is 1. The molecule has 1 heterocycles. The second kappa shape index (κ2) is 8.49. The first kappa shape index (κ1) is 18.7. The van der Waals surface area contributed by atoms with Gasteiger partial charge in [0.2, 0.25) is 0 Å². The number of urea groups is 1. The van der Waals surface area contributed by atoms with Crippen LogP contribution in [0, 0.1) is 0 Å². The Morgan fingerprint density at radius 3 is 2.42 bits per heavy atom. The molecule has 1 fully saturated rings. The van der Waals surface area contributed by atoms with Crippen LogP contribution in [0.15, 0.2) is 18.2 Å². The Bertz CT molecular complexity index is 537. The number of rotatable bonds is 5. The molecular formula is C19H31N3O2. The highest BCUT2D eigenvalue weighted by Crippen LogP contribution is 2.23. The summed E-state index contributed by atoms with van der Waals surface area (Å²) in [6, 6.07) is 6.46. The van der Waals surface area contributed by atoms with Gasteiger partial charge in [-0.05, 0) is 37.8 Å². The Morgan fingerprint density at radius 2 is 1.92 bits per heavy atom. The normalized spacial score (nSPS) is 20.0. The van der Waals surface area contributed by atoms with Crippen molar-refractivity contribution in [1.82, 2.24) is 9.80 Å². The van der Waals surface area contributed by atoms with Gasteiger partial charge in [0.15, 0.2) is 0 Å². The van der Waals surface area contributed by atoms with Crippen LogP contribution in [0.1, 0.15) is 38.8 Å². The maximum Gasteiger partial charge on any atom is 0.321 e. The number of para-hydroxylation sites is 1. The molecule has 1 saturated heterocycles. The zero-order valence-electron chi connectivity index (χ0n) is 15.4. The molecule has 1 aromatic rings. The number of benzene rings is 1. The highest BCUT2D eigenvalue weighted by Gasteiger charge is 2.27. The van der Waals surface area contributed by atoms with Crippen LogP contribution in [-0.4, -0.2) is 59.3 Å². The fourth-order valence-corrected chi connectivity index (χ4v) is 3.38. The smallest absolute Gasteiger partial charge is 0.321 e. The molecule has 0 aromatic heterocycles. The van der Waals surface area contributed by atoms with Crippen molar-refractivity contribution < 1.29 is 9.90 Å². The Balaban J connectivity index is 2.04. The average Bonchev–Trinajstić information content (AvgIpc) is 2.56. The molecule has 0 radical (unpaired) electrons. The van der Waals surface area contributed by atoms with Crippen LogP contribution in [0.3, 0.4) is 0 Å². The summed E-state index contributed by atoms with van der Waals surface area (Å²) in [5.41, 5.74) is 3.35. The predicted octanol–water partition coefficient (Wildman–Crippen LogP) is 2.73. The van der Waals surface area contributed by atoms with E-state index in [1.807, 2.05) is 4.90 Å². The molecule has 0 bridgehead atoms. The Labute approximate surface area is 145 Å². The van der Waals surface area contributed by atoms with Gasteiger partial charge in [0.1, 0.15) is 0 Å². The molecule has 0 aliphatic carbocycles. The van der Waals surface area contributed by atoms with E-state index in [0.29, 0.717) is 19.6 Å². The van der Waals surface area contributed by atoms with Crippen molar-refractivity contribution in [3.63, 3.8) is 0 Å². The van der Waals surface area contributed by atoms with Gasteiger partial charge in [0.05, 0.1) is 6.10 Å². The van der Waals surface area contributed by atoms with E-state index in [2.05, 4.69) is 49.2 Å². The van der Waals surface area contributed by atoms with Crippen LogP contribution in [-0.2, 0) is 12.8 Å². The summed E-state index contributed by atoms with van der Waals surface area (Å²) in [6.07, 6.45) is 1.47. The van der Waals surface area contributed by atoms with Crippen LogP contribution < -0.4 is 5.32 Å². The summed E-state index contributed by atoms with van der Waals surface area (Å²) < 4.78 is 0. The molecule has 24 heavy (non-hydrogen) atoms. The van der Waals surface area contributed by atoms with Gasteiger partial charge in [-0.2, -0.15) is 0 Å². The topological polar surface area (TPSA) is 55.8 Å². The summed E-state index contributed by atoms with van der Waals surface area (Å²) in [6.45, 7) is 11.0. The Hall–Kier alpha value is -1.59. The largest absolute Gasteiger partial charge is 0.392 e. The minimum absolute atomic E-state index is 0.0193. The summed E-state index contributed by atoms with van der Waals surface area (Å²) in [7, 11) is 0. The van der Waals surface area contributed by atoms with Crippen molar-refractivity contribution in [2.45, 2.75) is 52.7 Å².